The van der Waals surface area contributed by atoms with Gasteiger partial charge in [-0.15, -0.1) is 0 Å². The summed E-state index contributed by atoms with van der Waals surface area (Å²) in [6.45, 7) is 4.96. The van der Waals surface area contributed by atoms with Gasteiger partial charge in [-0.05, 0) is 44.2 Å². The van der Waals surface area contributed by atoms with Gasteiger partial charge in [0.2, 0.25) is 5.91 Å². The molecular formula is C18H25N3O2. The van der Waals surface area contributed by atoms with Crippen LogP contribution in [0, 0.1) is 0 Å². The van der Waals surface area contributed by atoms with Gasteiger partial charge in [-0.1, -0.05) is 0 Å². The van der Waals surface area contributed by atoms with E-state index in [-0.39, 0.29) is 11.8 Å². The van der Waals surface area contributed by atoms with Crippen molar-refractivity contribution in [2.45, 2.75) is 44.9 Å². The molecule has 2 aliphatic heterocycles. The topological polar surface area (TPSA) is 53.5 Å². The molecule has 2 amide bonds. The van der Waals surface area contributed by atoms with Crippen LogP contribution in [0.25, 0.3) is 0 Å². The summed E-state index contributed by atoms with van der Waals surface area (Å²) in [6, 6.07) is 3.90. The van der Waals surface area contributed by atoms with Crippen LogP contribution in [-0.4, -0.2) is 52.8 Å². The first-order chi connectivity index (χ1) is 11.1. The first kappa shape index (κ1) is 16.0. The molecule has 5 nitrogen and oxygen atoms in total. The predicted molar refractivity (Wildman–Crippen MR) is 88.2 cm³/mol. The number of piperidine rings is 2. The van der Waals surface area contributed by atoms with E-state index >= 15 is 0 Å². The number of hydrogen-bond acceptors (Lipinski definition) is 3. The minimum Gasteiger partial charge on any atom is -0.343 e. The SMILES string of the molecule is CC(=O)N1CCC(c2ccc(C(=O)N3CCCCC3)cn2)CC1. The maximum atomic E-state index is 12.4. The molecule has 1 aromatic heterocycles. The zero-order valence-electron chi connectivity index (χ0n) is 13.8. The Hall–Kier alpha value is -1.91. The normalized spacial score (nSPS) is 19.7. The lowest BCUT2D eigenvalue weighted by molar-refractivity contribution is -0.129. The molecule has 23 heavy (non-hydrogen) atoms. The van der Waals surface area contributed by atoms with Crippen molar-refractivity contribution >= 4 is 11.8 Å². The first-order valence-electron chi connectivity index (χ1n) is 8.66. The van der Waals surface area contributed by atoms with Gasteiger partial charge in [0.1, 0.15) is 0 Å². The Morgan fingerprint density at radius 3 is 2.26 bits per heavy atom. The molecule has 0 spiro atoms. The fourth-order valence-corrected chi connectivity index (χ4v) is 3.54. The van der Waals surface area contributed by atoms with E-state index in [0.717, 1.165) is 57.6 Å². The fraction of sp³-hybridized carbons (Fsp3) is 0.611. The molecule has 1 aromatic rings. The average Bonchev–Trinajstić information content (AvgIpc) is 2.62. The molecule has 0 unspecified atom stereocenters. The van der Waals surface area contributed by atoms with E-state index in [4.69, 9.17) is 0 Å². The van der Waals surface area contributed by atoms with Gasteiger partial charge in [-0.25, -0.2) is 0 Å². The number of nitrogens with zero attached hydrogens (tertiary/aromatic N) is 3. The number of carbonyl (C=O) groups excluding carboxylic acids is 2. The molecule has 5 heteroatoms. The lowest BCUT2D eigenvalue weighted by atomic mass is 9.93. The van der Waals surface area contributed by atoms with Crippen molar-refractivity contribution in [2.75, 3.05) is 26.2 Å². The van der Waals surface area contributed by atoms with E-state index in [2.05, 4.69) is 4.98 Å². The molecule has 0 saturated carbocycles. The summed E-state index contributed by atoms with van der Waals surface area (Å²) in [6.07, 6.45) is 7.06. The number of carbonyl (C=O) groups is 2. The van der Waals surface area contributed by atoms with E-state index in [9.17, 15) is 9.59 Å². The van der Waals surface area contributed by atoms with Crippen molar-refractivity contribution in [3.8, 4) is 0 Å². The summed E-state index contributed by atoms with van der Waals surface area (Å²) in [5, 5.41) is 0. The van der Waals surface area contributed by atoms with Crippen LogP contribution in [0.1, 0.15) is 61.0 Å². The molecular weight excluding hydrogens is 290 g/mol. The van der Waals surface area contributed by atoms with Gasteiger partial charge in [-0.2, -0.15) is 0 Å². The maximum absolute atomic E-state index is 12.4. The van der Waals surface area contributed by atoms with Crippen molar-refractivity contribution in [3.05, 3.63) is 29.6 Å². The monoisotopic (exact) mass is 315 g/mol. The van der Waals surface area contributed by atoms with E-state index in [1.165, 1.54) is 6.42 Å². The summed E-state index contributed by atoms with van der Waals surface area (Å²) in [5.74, 6) is 0.652. The largest absolute Gasteiger partial charge is 0.343 e. The molecule has 2 saturated heterocycles. The Balaban J connectivity index is 1.61. The standard InChI is InChI=1S/C18H25N3O2/c1-14(22)20-11-7-15(8-12-20)17-6-5-16(13-19-17)18(23)21-9-3-2-4-10-21/h5-6,13,15H,2-4,7-12H2,1H3. The molecule has 0 bridgehead atoms. The van der Waals surface area contributed by atoms with Crippen LogP contribution < -0.4 is 0 Å². The van der Waals surface area contributed by atoms with Crippen LogP contribution in [0.3, 0.4) is 0 Å². The van der Waals surface area contributed by atoms with Crippen LogP contribution in [-0.2, 0) is 4.79 Å². The van der Waals surface area contributed by atoms with Crippen LogP contribution in [0.4, 0.5) is 0 Å². The quantitative estimate of drug-likeness (QED) is 0.842. The van der Waals surface area contributed by atoms with E-state index in [0.29, 0.717) is 11.5 Å². The molecule has 2 fully saturated rings. The summed E-state index contributed by atoms with van der Waals surface area (Å²) < 4.78 is 0. The zero-order chi connectivity index (χ0) is 16.2. The summed E-state index contributed by atoms with van der Waals surface area (Å²) >= 11 is 0. The minimum atomic E-state index is 0.107. The van der Waals surface area contributed by atoms with Crippen molar-refractivity contribution in [2.24, 2.45) is 0 Å². The Labute approximate surface area is 137 Å². The molecule has 0 N–H and O–H groups in total. The summed E-state index contributed by atoms with van der Waals surface area (Å²) in [4.78, 5) is 32.2. The Kier molecular flexibility index (Phi) is 4.94. The Morgan fingerprint density at radius 1 is 1.00 bits per heavy atom. The summed E-state index contributed by atoms with van der Waals surface area (Å²) in [5.41, 5.74) is 1.74. The van der Waals surface area contributed by atoms with Crippen molar-refractivity contribution in [3.63, 3.8) is 0 Å². The molecule has 124 valence electrons. The highest BCUT2D eigenvalue weighted by atomic mass is 16.2. The highest BCUT2D eigenvalue weighted by molar-refractivity contribution is 5.94. The lowest BCUT2D eigenvalue weighted by Crippen LogP contribution is -2.36. The van der Waals surface area contributed by atoms with Crippen LogP contribution in [0.2, 0.25) is 0 Å². The van der Waals surface area contributed by atoms with Gasteiger partial charge in [0, 0.05) is 50.9 Å². The summed E-state index contributed by atoms with van der Waals surface area (Å²) in [7, 11) is 0. The number of aromatic nitrogens is 1. The Bertz CT molecular complexity index is 556. The highest BCUT2D eigenvalue weighted by Gasteiger charge is 2.23. The fourth-order valence-electron chi connectivity index (χ4n) is 3.54. The van der Waals surface area contributed by atoms with Gasteiger partial charge in [0.25, 0.3) is 5.91 Å². The van der Waals surface area contributed by atoms with Gasteiger partial charge in [0.15, 0.2) is 0 Å². The van der Waals surface area contributed by atoms with Gasteiger partial charge in [0.05, 0.1) is 5.56 Å². The van der Waals surface area contributed by atoms with Crippen molar-refractivity contribution in [1.82, 2.24) is 14.8 Å². The zero-order valence-corrected chi connectivity index (χ0v) is 13.8. The highest BCUT2D eigenvalue weighted by Crippen LogP contribution is 2.27. The number of pyridine rings is 1. The van der Waals surface area contributed by atoms with E-state index in [1.54, 1.807) is 13.1 Å². The average molecular weight is 315 g/mol. The number of hydrogen-bond donors (Lipinski definition) is 0. The number of rotatable bonds is 2. The second kappa shape index (κ2) is 7.11. The number of likely N-dealkylation sites (tertiary alicyclic amines) is 2. The molecule has 2 aliphatic rings. The smallest absolute Gasteiger partial charge is 0.255 e. The van der Waals surface area contributed by atoms with E-state index < -0.39 is 0 Å². The molecule has 3 rings (SSSR count). The van der Waals surface area contributed by atoms with Crippen LogP contribution >= 0.6 is 0 Å². The predicted octanol–water partition coefficient (Wildman–Crippen LogP) is 2.43. The number of amides is 2. The third kappa shape index (κ3) is 3.71. The van der Waals surface area contributed by atoms with Crippen molar-refractivity contribution in [1.29, 1.82) is 0 Å². The lowest BCUT2D eigenvalue weighted by Gasteiger charge is -2.31. The second-order valence-electron chi connectivity index (χ2n) is 6.60. The third-order valence-corrected chi connectivity index (χ3v) is 5.04. The molecule has 0 aliphatic carbocycles. The van der Waals surface area contributed by atoms with E-state index in [1.807, 2.05) is 21.9 Å². The van der Waals surface area contributed by atoms with Gasteiger partial charge < -0.3 is 9.80 Å². The Morgan fingerprint density at radius 2 is 1.70 bits per heavy atom. The third-order valence-electron chi connectivity index (χ3n) is 5.04. The minimum absolute atomic E-state index is 0.107. The van der Waals surface area contributed by atoms with Gasteiger partial charge in [-0.3, -0.25) is 14.6 Å². The van der Waals surface area contributed by atoms with Gasteiger partial charge >= 0.3 is 0 Å². The van der Waals surface area contributed by atoms with Crippen LogP contribution in [0.5, 0.6) is 0 Å². The van der Waals surface area contributed by atoms with Crippen molar-refractivity contribution < 1.29 is 9.59 Å². The maximum Gasteiger partial charge on any atom is 0.255 e. The second-order valence-corrected chi connectivity index (χ2v) is 6.60. The molecule has 3 heterocycles. The molecule has 0 aromatic carbocycles. The molecule has 0 atom stereocenters. The molecule has 0 radical (unpaired) electrons. The van der Waals surface area contributed by atoms with Crippen LogP contribution in [0.15, 0.2) is 18.3 Å². The first-order valence-corrected chi connectivity index (χ1v) is 8.66.